The van der Waals surface area contributed by atoms with Gasteiger partial charge in [0.1, 0.15) is 0 Å². The minimum Gasteiger partial charge on any atom is -0.384 e. The van der Waals surface area contributed by atoms with Crippen molar-refractivity contribution < 1.29 is 4.74 Å². The summed E-state index contributed by atoms with van der Waals surface area (Å²) in [6, 6.07) is 14.9. The molecule has 1 N–H and O–H groups in total. The molecule has 1 fully saturated rings. The molecule has 0 aliphatic carbocycles. The van der Waals surface area contributed by atoms with Crippen molar-refractivity contribution in [1.82, 2.24) is 0 Å². The van der Waals surface area contributed by atoms with E-state index in [1.807, 2.05) is 0 Å². The minimum absolute atomic E-state index is 0.465. The zero-order chi connectivity index (χ0) is 12.2. The smallest absolute Gasteiger partial charge is 0.0592 e. The molecule has 0 spiro atoms. The molecule has 0 bridgehead atoms. The summed E-state index contributed by atoms with van der Waals surface area (Å²) in [5.74, 6) is 0. The van der Waals surface area contributed by atoms with Crippen LogP contribution in [0.3, 0.4) is 0 Å². The standard InChI is InChI=1S/C16H19NO/c1-2-8-15-13(5-1)6-3-9-16(15)17-11-10-14-7-4-12-18-14/h1-3,5-6,8-9,14,17H,4,7,10-12H2. The zero-order valence-electron chi connectivity index (χ0n) is 10.6. The van der Waals surface area contributed by atoms with Crippen LogP contribution in [0.1, 0.15) is 19.3 Å². The third-order valence-electron chi connectivity index (χ3n) is 3.60. The Bertz CT molecular complexity index is 512. The molecule has 18 heavy (non-hydrogen) atoms. The Morgan fingerprint density at radius 1 is 1.11 bits per heavy atom. The Morgan fingerprint density at radius 2 is 2.00 bits per heavy atom. The van der Waals surface area contributed by atoms with Crippen molar-refractivity contribution in [3.63, 3.8) is 0 Å². The molecule has 0 aromatic heterocycles. The molecule has 2 aromatic rings. The Morgan fingerprint density at radius 3 is 2.89 bits per heavy atom. The first-order chi connectivity index (χ1) is 8.93. The highest BCUT2D eigenvalue weighted by atomic mass is 16.5. The minimum atomic E-state index is 0.465. The van der Waals surface area contributed by atoms with E-state index in [9.17, 15) is 0 Å². The van der Waals surface area contributed by atoms with Crippen LogP contribution in [0, 0.1) is 0 Å². The zero-order valence-corrected chi connectivity index (χ0v) is 10.6. The largest absolute Gasteiger partial charge is 0.384 e. The summed E-state index contributed by atoms with van der Waals surface area (Å²) < 4.78 is 5.64. The molecule has 2 nitrogen and oxygen atoms in total. The highest BCUT2D eigenvalue weighted by Crippen LogP contribution is 2.23. The first kappa shape index (κ1) is 11.5. The number of ether oxygens (including phenoxy) is 1. The predicted molar refractivity (Wildman–Crippen MR) is 76.0 cm³/mol. The lowest BCUT2D eigenvalue weighted by molar-refractivity contribution is 0.107. The van der Waals surface area contributed by atoms with Gasteiger partial charge in [-0.2, -0.15) is 0 Å². The Balaban J connectivity index is 1.66. The van der Waals surface area contributed by atoms with E-state index in [4.69, 9.17) is 4.74 Å². The van der Waals surface area contributed by atoms with E-state index in [0.29, 0.717) is 6.10 Å². The van der Waals surface area contributed by atoms with E-state index in [1.165, 1.54) is 29.3 Å². The summed E-state index contributed by atoms with van der Waals surface area (Å²) in [7, 11) is 0. The first-order valence-electron chi connectivity index (χ1n) is 6.77. The Hall–Kier alpha value is -1.54. The van der Waals surface area contributed by atoms with Crippen LogP contribution < -0.4 is 5.32 Å². The van der Waals surface area contributed by atoms with Gasteiger partial charge in [-0.25, -0.2) is 0 Å². The van der Waals surface area contributed by atoms with Gasteiger partial charge in [0.25, 0.3) is 0 Å². The van der Waals surface area contributed by atoms with Crippen LogP contribution >= 0.6 is 0 Å². The molecule has 2 heteroatoms. The van der Waals surface area contributed by atoms with Crippen molar-refractivity contribution in [2.45, 2.75) is 25.4 Å². The van der Waals surface area contributed by atoms with Gasteiger partial charge in [0, 0.05) is 24.2 Å². The molecule has 1 atom stereocenters. The Labute approximate surface area is 108 Å². The molecule has 3 rings (SSSR count). The van der Waals surface area contributed by atoms with Gasteiger partial charge in [-0.15, -0.1) is 0 Å². The van der Waals surface area contributed by atoms with Crippen LogP contribution in [0.25, 0.3) is 10.8 Å². The van der Waals surface area contributed by atoms with Gasteiger partial charge in [0.05, 0.1) is 6.10 Å². The molecule has 2 aromatic carbocycles. The molecule has 94 valence electrons. The van der Waals surface area contributed by atoms with E-state index in [0.717, 1.165) is 19.6 Å². The van der Waals surface area contributed by atoms with E-state index in [2.05, 4.69) is 47.8 Å². The summed E-state index contributed by atoms with van der Waals surface area (Å²) in [5, 5.41) is 6.12. The third kappa shape index (κ3) is 2.49. The fourth-order valence-electron chi connectivity index (χ4n) is 2.62. The molecule has 0 saturated carbocycles. The topological polar surface area (TPSA) is 21.3 Å². The van der Waals surface area contributed by atoms with Crippen molar-refractivity contribution in [2.75, 3.05) is 18.5 Å². The molecule has 0 radical (unpaired) electrons. The van der Waals surface area contributed by atoms with Crippen LogP contribution in [-0.2, 0) is 4.74 Å². The predicted octanol–water partition coefficient (Wildman–Crippen LogP) is 3.82. The Kier molecular flexibility index (Phi) is 3.47. The number of hydrogen-bond acceptors (Lipinski definition) is 2. The summed E-state index contributed by atoms with van der Waals surface area (Å²) in [6.07, 6.45) is 4.01. The molecule has 1 aliphatic rings. The fraction of sp³-hybridized carbons (Fsp3) is 0.375. The van der Waals surface area contributed by atoms with Gasteiger partial charge in [0.2, 0.25) is 0 Å². The molecule has 1 heterocycles. The fourth-order valence-corrected chi connectivity index (χ4v) is 2.62. The summed E-state index contributed by atoms with van der Waals surface area (Å²) >= 11 is 0. The molecule has 1 unspecified atom stereocenters. The second kappa shape index (κ2) is 5.40. The highest BCUT2D eigenvalue weighted by Gasteiger charge is 2.14. The first-order valence-corrected chi connectivity index (χ1v) is 6.77. The molecular weight excluding hydrogens is 222 g/mol. The van der Waals surface area contributed by atoms with E-state index >= 15 is 0 Å². The van der Waals surface area contributed by atoms with Crippen molar-refractivity contribution in [3.8, 4) is 0 Å². The average molecular weight is 241 g/mol. The quantitative estimate of drug-likeness (QED) is 0.878. The normalized spacial score (nSPS) is 19.2. The van der Waals surface area contributed by atoms with Crippen LogP contribution in [0.2, 0.25) is 0 Å². The van der Waals surface area contributed by atoms with Gasteiger partial charge in [0.15, 0.2) is 0 Å². The summed E-state index contributed by atoms with van der Waals surface area (Å²) in [4.78, 5) is 0. The van der Waals surface area contributed by atoms with Gasteiger partial charge < -0.3 is 10.1 Å². The maximum Gasteiger partial charge on any atom is 0.0592 e. The van der Waals surface area contributed by atoms with Gasteiger partial charge >= 0.3 is 0 Å². The van der Waals surface area contributed by atoms with Gasteiger partial charge in [-0.1, -0.05) is 36.4 Å². The van der Waals surface area contributed by atoms with Crippen LogP contribution in [0.5, 0.6) is 0 Å². The van der Waals surface area contributed by atoms with Crippen molar-refractivity contribution in [3.05, 3.63) is 42.5 Å². The SMILES string of the molecule is c1ccc2c(NCCC3CCCO3)cccc2c1. The van der Waals surface area contributed by atoms with E-state index in [1.54, 1.807) is 0 Å². The molecule has 0 amide bonds. The number of fused-ring (bicyclic) bond motifs is 1. The second-order valence-corrected chi connectivity index (χ2v) is 4.88. The van der Waals surface area contributed by atoms with Crippen molar-refractivity contribution >= 4 is 16.5 Å². The third-order valence-corrected chi connectivity index (χ3v) is 3.60. The number of benzene rings is 2. The highest BCUT2D eigenvalue weighted by molar-refractivity contribution is 5.93. The van der Waals surface area contributed by atoms with Gasteiger partial charge in [-0.3, -0.25) is 0 Å². The number of anilines is 1. The summed E-state index contributed by atoms with van der Waals surface area (Å²) in [5.41, 5.74) is 1.23. The lowest BCUT2D eigenvalue weighted by Gasteiger charge is -2.12. The second-order valence-electron chi connectivity index (χ2n) is 4.88. The van der Waals surface area contributed by atoms with E-state index < -0.39 is 0 Å². The molecular formula is C16H19NO. The van der Waals surface area contributed by atoms with Crippen LogP contribution in [-0.4, -0.2) is 19.3 Å². The molecule has 1 saturated heterocycles. The van der Waals surface area contributed by atoms with Crippen molar-refractivity contribution in [2.24, 2.45) is 0 Å². The monoisotopic (exact) mass is 241 g/mol. The average Bonchev–Trinajstić information content (AvgIpc) is 2.92. The summed E-state index contributed by atoms with van der Waals surface area (Å²) in [6.45, 7) is 1.93. The lowest BCUT2D eigenvalue weighted by Crippen LogP contribution is -2.12. The maximum atomic E-state index is 5.64. The number of rotatable bonds is 4. The van der Waals surface area contributed by atoms with Crippen LogP contribution in [0.4, 0.5) is 5.69 Å². The maximum absolute atomic E-state index is 5.64. The van der Waals surface area contributed by atoms with E-state index in [-0.39, 0.29) is 0 Å². The number of nitrogens with one attached hydrogen (secondary N) is 1. The van der Waals surface area contributed by atoms with Crippen LogP contribution in [0.15, 0.2) is 42.5 Å². The number of hydrogen-bond donors (Lipinski definition) is 1. The molecule has 1 aliphatic heterocycles. The van der Waals surface area contributed by atoms with Gasteiger partial charge in [-0.05, 0) is 30.7 Å². The van der Waals surface area contributed by atoms with Crippen molar-refractivity contribution in [1.29, 1.82) is 0 Å². The lowest BCUT2D eigenvalue weighted by atomic mass is 10.1.